The fraction of sp³-hybridized carbons (Fsp3) is 0.0588. The first-order valence-electron chi connectivity index (χ1n) is 6.84. The predicted molar refractivity (Wildman–Crippen MR) is 101 cm³/mol. The van der Waals surface area contributed by atoms with E-state index in [9.17, 15) is 4.79 Å². The molecule has 0 atom stereocenters. The summed E-state index contributed by atoms with van der Waals surface area (Å²) in [5.74, 6) is 0.601. The number of hydrogen-bond acceptors (Lipinski definition) is 4. The number of aromatic nitrogens is 1. The molecule has 0 radical (unpaired) electrons. The number of methoxy groups -OCH3 is 1. The number of carbonyl (C=O) groups is 1. The second kappa shape index (κ2) is 7.10. The Morgan fingerprint density at radius 2 is 1.91 bits per heavy atom. The molecule has 0 fully saturated rings. The molecule has 116 valence electrons. The van der Waals surface area contributed by atoms with Gasteiger partial charge >= 0.3 is 0 Å². The molecule has 0 aliphatic rings. The van der Waals surface area contributed by atoms with Crippen molar-refractivity contribution in [3.8, 4) is 17.0 Å². The third-order valence-electron chi connectivity index (χ3n) is 3.23. The summed E-state index contributed by atoms with van der Waals surface area (Å²) in [4.78, 5) is 16.8. The smallest absolute Gasteiger partial charge is 0.258 e. The monoisotopic (exact) mass is 436 g/mol. The van der Waals surface area contributed by atoms with Crippen LogP contribution < -0.4 is 10.1 Å². The number of anilines is 1. The van der Waals surface area contributed by atoms with Gasteiger partial charge < -0.3 is 4.74 Å². The van der Waals surface area contributed by atoms with E-state index >= 15 is 0 Å². The van der Waals surface area contributed by atoms with Crippen LogP contribution in [0.25, 0.3) is 11.3 Å². The Hall–Kier alpha value is -1.93. The number of amides is 1. The zero-order valence-corrected chi connectivity index (χ0v) is 15.2. The van der Waals surface area contributed by atoms with Crippen LogP contribution in [0.3, 0.4) is 0 Å². The van der Waals surface area contributed by atoms with Gasteiger partial charge in [-0.2, -0.15) is 0 Å². The zero-order valence-electron chi connectivity index (χ0n) is 12.2. The molecule has 3 aromatic rings. The van der Waals surface area contributed by atoms with Gasteiger partial charge in [-0.1, -0.05) is 24.3 Å². The highest BCUT2D eigenvalue weighted by Crippen LogP contribution is 2.32. The lowest BCUT2D eigenvalue weighted by atomic mass is 10.1. The molecule has 23 heavy (non-hydrogen) atoms. The standard InChI is InChI=1S/C17H13IN2O2S/c1-22-15-9-5-3-7-12(15)14-10-23-17(19-14)20-16(21)11-6-2-4-8-13(11)18/h2-10H,1H3,(H,19,20,21). The normalized spacial score (nSPS) is 10.3. The van der Waals surface area contributed by atoms with Crippen molar-refractivity contribution in [1.29, 1.82) is 0 Å². The SMILES string of the molecule is COc1ccccc1-c1csc(NC(=O)c2ccccc2I)n1. The maximum Gasteiger partial charge on any atom is 0.258 e. The maximum absolute atomic E-state index is 12.3. The molecule has 6 heteroatoms. The Balaban J connectivity index is 1.83. The first kappa shape index (κ1) is 15.9. The number of nitrogens with one attached hydrogen (secondary N) is 1. The van der Waals surface area contributed by atoms with Gasteiger partial charge in [0.25, 0.3) is 5.91 Å². The van der Waals surface area contributed by atoms with E-state index in [0.717, 1.165) is 20.6 Å². The van der Waals surface area contributed by atoms with Crippen molar-refractivity contribution in [2.75, 3.05) is 12.4 Å². The summed E-state index contributed by atoms with van der Waals surface area (Å²) in [6.07, 6.45) is 0. The van der Waals surface area contributed by atoms with Gasteiger partial charge in [0.15, 0.2) is 5.13 Å². The third kappa shape index (κ3) is 3.53. The first-order valence-corrected chi connectivity index (χ1v) is 8.79. The minimum atomic E-state index is -0.157. The Labute approximate surface area is 151 Å². The number of para-hydroxylation sites is 1. The van der Waals surface area contributed by atoms with E-state index in [0.29, 0.717) is 10.7 Å². The van der Waals surface area contributed by atoms with Gasteiger partial charge in [-0.15, -0.1) is 11.3 Å². The van der Waals surface area contributed by atoms with Crippen LogP contribution in [0.2, 0.25) is 0 Å². The zero-order chi connectivity index (χ0) is 16.2. The quantitative estimate of drug-likeness (QED) is 0.605. The van der Waals surface area contributed by atoms with Crippen molar-refractivity contribution in [1.82, 2.24) is 4.98 Å². The van der Waals surface area contributed by atoms with E-state index in [1.165, 1.54) is 11.3 Å². The summed E-state index contributed by atoms with van der Waals surface area (Å²) >= 11 is 3.54. The highest BCUT2D eigenvalue weighted by molar-refractivity contribution is 14.1. The molecule has 0 spiro atoms. The van der Waals surface area contributed by atoms with Crippen LogP contribution in [0, 0.1) is 3.57 Å². The summed E-state index contributed by atoms with van der Waals surface area (Å²) in [6, 6.07) is 15.1. The lowest BCUT2D eigenvalue weighted by molar-refractivity contribution is 0.102. The van der Waals surface area contributed by atoms with Gasteiger partial charge in [-0.05, 0) is 46.9 Å². The lowest BCUT2D eigenvalue weighted by Crippen LogP contribution is -2.13. The van der Waals surface area contributed by atoms with Crippen molar-refractivity contribution < 1.29 is 9.53 Å². The molecule has 0 bridgehead atoms. The molecule has 0 saturated heterocycles. The molecule has 1 N–H and O–H groups in total. The van der Waals surface area contributed by atoms with Crippen molar-refractivity contribution in [2.45, 2.75) is 0 Å². The number of carbonyl (C=O) groups excluding carboxylic acids is 1. The molecule has 1 heterocycles. The number of ether oxygens (including phenoxy) is 1. The molecule has 0 unspecified atom stereocenters. The van der Waals surface area contributed by atoms with Crippen molar-refractivity contribution >= 4 is 45.0 Å². The van der Waals surface area contributed by atoms with Crippen LogP contribution >= 0.6 is 33.9 Å². The fourth-order valence-corrected chi connectivity index (χ4v) is 3.46. The van der Waals surface area contributed by atoms with E-state index < -0.39 is 0 Å². The molecule has 1 aromatic heterocycles. The highest BCUT2D eigenvalue weighted by atomic mass is 127. The Bertz CT molecular complexity index is 848. The van der Waals surface area contributed by atoms with Crippen LogP contribution in [0.15, 0.2) is 53.9 Å². The number of hydrogen-bond donors (Lipinski definition) is 1. The topological polar surface area (TPSA) is 51.2 Å². The van der Waals surface area contributed by atoms with Crippen molar-refractivity contribution in [3.63, 3.8) is 0 Å². The first-order chi connectivity index (χ1) is 11.2. The number of halogens is 1. The summed E-state index contributed by atoms with van der Waals surface area (Å²) in [7, 11) is 1.63. The average Bonchev–Trinajstić information content (AvgIpc) is 3.03. The van der Waals surface area contributed by atoms with Crippen LogP contribution in [0.1, 0.15) is 10.4 Å². The van der Waals surface area contributed by atoms with Crippen molar-refractivity contribution in [2.24, 2.45) is 0 Å². The van der Waals surface area contributed by atoms with Gasteiger partial charge in [-0.3, -0.25) is 10.1 Å². The minimum absolute atomic E-state index is 0.157. The van der Waals surface area contributed by atoms with E-state index in [-0.39, 0.29) is 5.91 Å². The van der Waals surface area contributed by atoms with Gasteiger partial charge in [-0.25, -0.2) is 4.98 Å². The Morgan fingerprint density at radius 1 is 1.17 bits per heavy atom. The molecule has 3 rings (SSSR count). The van der Waals surface area contributed by atoms with Crippen LogP contribution in [-0.4, -0.2) is 18.0 Å². The van der Waals surface area contributed by atoms with Gasteiger partial charge in [0.2, 0.25) is 0 Å². The Kier molecular flexibility index (Phi) is 4.92. The predicted octanol–water partition coefficient (Wildman–Crippen LogP) is 4.68. The summed E-state index contributed by atoms with van der Waals surface area (Å²) in [6.45, 7) is 0. The lowest BCUT2D eigenvalue weighted by Gasteiger charge is -2.05. The second-order valence-electron chi connectivity index (χ2n) is 4.67. The summed E-state index contributed by atoms with van der Waals surface area (Å²) in [5, 5.41) is 5.32. The van der Waals surface area contributed by atoms with E-state index in [1.807, 2.05) is 47.8 Å². The molecule has 0 saturated carbocycles. The number of rotatable bonds is 4. The number of benzene rings is 2. The van der Waals surface area contributed by atoms with Crippen LogP contribution in [0.4, 0.5) is 5.13 Å². The molecule has 1 amide bonds. The van der Waals surface area contributed by atoms with Gasteiger partial charge in [0, 0.05) is 14.5 Å². The minimum Gasteiger partial charge on any atom is -0.496 e. The molecule has 4 nitrogen and oxygen atoms in total. The van der Waals surface area contributed by atoms with Crippen LogP contribution in [0.5, 0.6) is 5.75 Å². The third-order valence-corrected chi connectivity index (χ3v) is 4.92. The number of nitrogens with zero attached hydrogens (tertiary/aromatic N) is 1. The Morgan fingerprint density at radius 3 is 2.70 bits per heavy atom. The number of thiazole rings is 1. The van der Waals surface area contributed by atoms with Gasteiger partial charge in [0.05, 0.1) is 18.4 Å². The molecule has 0 aliphatic heterocycles. The largest absolute Gasteiger partial charge is 0.496 e. The summed E-state index contributed by atoms with van der Waals surface area (Å²) in [5.41, 5.74) is 2.33. The molecular formula is C17H13IN2O2S. The molecule has 2 aromatic carbocycles. The highest BCUT2D eigenvalue weighted by Gasteiger charge is 2.13. The fourth-order valence-electron chi connectivity index (χ4n) is 2.12. The van der Waals surface area contributed by atoms with E-state index in [2.05, 4.69) is 32.9 Å². The van der Waals surface area contributed by atoms with E-state index in [4.69, 9.17) is 4.74 Å². The molecule has 0 aliphatic carbocycles. The van der Waals surface area contributed by atoms with Crippen LogP contribution in [-0.2, 0) is 0 Å². The average molecular weight is 436 g/mol. The van der Waals surface area contributed by atoms with E-state index in [1.54, 1.807) is 13.2 Å². The maximum atomic E-state index is 12.3. The van der Waals surface area contributed by atoms with Gasteiger partial charge in [0.1, 0.15) is 5.75 Å². The molecular weight excluding hydrogens is 423 g/mol. The second-order valence-corrected chi connectivity index (χ2v) is 6.69. The van der Waals surface area contributed by atoms with Crippen molar-refractivity contribution in [3.05, 3.63) is 63.0 Å². The summed E-state index contributed by atoms with van der Waals surface area (Å²) < 4.78 is 6.26.